The number of nitrogens with zero attached hydrogens (tertiary/aromatic N) is 2. The number of nitrogens with one attached hydrogen (secondary N) is 1. The molecule has 0 saturated carbocycles. The number of hydrogen-bond acceptors (Lipinski definition) is 3. The Kier molecular flexibility index (Phi) is 6.65. The van der Waals surface area contributed by atoms with Crippen molar-refractivity contribution in [2.75, 3.05) is 39.8 Å². The smallest absolute Gasteiger partial charge is 0.236 e. The van der Waals surface area contributed by atoms with Gasteiger partial charge in [0.2, 0.25) is 5.91 Å². The molecule has 0 bridgehead atoms. The van der Waals surface area contributed by atoms with Crippen molar-refractivity contribution in [1.29, 1.82) is 0 Å². The van der Waals surface area contributed by atoms with Crippen LogP contribution in [0.25, 0.3) is 0 Å². The third kappa shape index (κ3) is 5.36. The molecule has 18 heavy (non-hydrogen) atoms. The van der Waals surface area contributed by atoms with Crippen LogP contribution in [0.3, 0.4) is 0 Å². The van der Waals surface area contributed by atoms with E-state index in [4.69, 9.17) is 0 Å². The largest absolute Gasteiger partial charge is 0.342 e. The SMILES string of the molecule is CC(CNCC(=O)N(C)C(C)C)CN1CCCC1. The Morgan fingerprint density at radius 2 is 1.89 bits per heavy atom. The van der Waals surface area contributed by atoms with E-state index in [2.05, 4.69) is 17.1 Å². The number of likely N-dealkylation sites (tertiary alicyclic amines) is 1. The van der Waals surface area contributed by atoms with Crippen molar-refractivity contribution in [1.82, 2.24) is 15.1 Å². The van der Waals surface area contributed by atoms with E-state index in [1.165, 1.54) is 25.9 Å². The summed E-state index contributed by atoms with van der Waals surface area (Å²) in [5.41, 5.74) is 0. The number of rotatable bonds is 7. The molecule has 106 valence electrons. The third-order valence-corrected chi connectivity index (χ3v) is 3.71. The zero-order valence-corrected chi connectivity index (χ0v) is 12.4. The molecule has 1 rings (SSSR count). The van der Waals surface area contributed by atoms with Gasteiger partial charge in [0.15, 0.2) is 0 Å². The molecule has 1 aliphatic rings. The lowest BCUT2D eigenvalue weighted by Gasteiger charge is -2.23. The standard InChI is InChI=1S/C14H29N3O/c1-12(2)16(4)14(18)10-15-9-13(3)11-17-7-5-6-8-17/h12-13,15H,5-11H2,1-4H3. The molecule has 0 aromatic rings. The summed E-state index contributed by atoms with van der Waals surface area (Å²) < 4.78 is 0. The summed E-state index contributed by atoms with van der Waals surface area (Å²) in [6.45, 7) is 11.4. The van der Waals surface area contributed by atoms with Gasteiger partial charge in [-0.1, -0.05) is 6.92 Å². The highest BCUT2D eigenvalue weighted by atomic mass is 16.2. The van der Waals surface area contributed by atoms with E-state index in [0.717, 1.165) is 13.1 Å². The topological polar surface area (TPSA) is 35.6 Å². The van der Waals surface area contributed by atoms with Crippen LogP contribution in [0, 0.1) is 5.92 Å². The molecule has 1 unspecified atom stereocenters. The Hall–Kier alpha value is -0.610. The van der Waals surface area contributed by atoms with E-state index in [-0.39, 0.29) is 11.9 Å². The van der Waals surface area contributed by atoms with E-state index in [0.29, 0.717) is 12.5 Å². The lowest BCUT2D eigenvalue weighted by atomic mass is 10.1. The van der Waals surface area contributed by atoms with Gasteiger partial charge in [0, 0.05) is 19.6 Å². The molecule has 1 N–H and O–H groups in total. The Balaban J connectivity index is 2.10. The number of amides is 1. The fourth-order valence-electron chi connectivity index (χ4n) is 2.31. The summed E-state index contributed by atoms with van der Waals surface area (Å²) in [7, 11) is 1.86. The van der Waals surface area contributed by atoms with Gasteiger partial charge < -0.3 is 15.1 Å². The highest BCUT2D eigenvalue weighted by Crippen LogP contribution is 2.09. The molecular formula is C14H29N3O. The summed E-state index contributed by atoms with van der Waals surface area (Å²) in [5.74, 6) is 0.790. The van der Waals surface area contributed by atoms with Crippen LogP contribution in [0.5, 0.6) is 0 Å². The van der Waals surface area contributed by atoms with Crippen LogP contribution in [0.15, 0.2) is 0 Å². The number of carbonyl (C=O) groups is 1. The normalized spacial score (nSPS) is 18.3. The van der Waals surface area contributed by atoms with Gasteiger partial charge in [0.05, 0.1) is 6.54 Å². The first-order valence-corrected chi connectivity index (χ1v) is 7.19. The summed E-state index contributed by atoms with van der Waals surface area (Å²) in [4.78, 5) is 16.1. The lowest BCUT2D eigenvalue weighted by molar-refractivity contribution is -0.130. The monoisotopic (exact) mass is 255 g/mol. The van der Waals surface area contributed by atoms with Crippen LogP contribution in [-0.4, -0.2) is 61.5 Å². The molecule has 4 nitrogen and oxygen atoms in total. The number of hydrogen-bond donors (Lipinski definition) is 1. The highest BCUT2D eigenvalue weighted by Gasteiger charge is 2.15. The molecule has 0 aromatic carbocycles. The summed E-state index contributed by atoms with van der Waals surface area (Å²) in [6.07, 6.45) is 2.69. The first kappa shape index (κ1) is 15.4. The Labute approximate surface area is 112 Å². The molecule has 1 atom stereocenters. The molecule has 0 radical (unpaired) electrons. The maximum absolute atomic E-state index is 11.8. The highest BCUT2D eigenvalue weighted by molar-refractivity contribution is 5.78. The molecule has 0 aromatic heterocycles. The second kappa shape index (κ2) is 7.74. The molecule has 4 heteroatoms. The maximum atomic E-state index is 11.8. The molecule has 1 heterocycles. The van der Waals surface area contributed by atoms with Gasteiger partial charge in [-0.3, -0.25) is 4.79 Å². The average molecular weight is 255 g/mol. The second-order valence-corrected chi connectivity index (χ2v) is 5.84. The Morgan fingerprint density at radius 1 is 1.28 bits per heavy atom. The fraction of sp³-hybridized carbons (Fsp3) is 0.929. The van der Waals surface area contributed by atoms with Gasteiger partial charge in [0.25, 0.3) is 0 Å². The molecule has 1 amide bonds. The fourth-order valence-corrected chi connectivity index (χ4v) is 2.31. The molecule has 0 aliphatic carbocycles. The average Bonchev–Trinajstić information content (AvgIpc) is 2.80. The predicted molar refractivity (Wildman–Crippen MR) is 75.6 cm³/mol. The molecule has 1 fully saturated rings. The van der Waals surface area contributed by atoms with Crippen molar-refractivity contribution in [2.24, 2.45) is 5.92 Å². The van der Waals surface area contributed by atoms with Crippen LogP contribution >= 0.6 is 0 Å². The Bertz CT molecular complexity index is 249. The van der Waals surface area contributed by atoms with E-state index in [9.17, 15) is 4.79 Å². The number of likely N-dealkylation sites (N-methyl/N-ethyl adjacent to an activating group) is 1. The van der Waals surface area contributed by atoms with Crippen LogP contribution in [0.2, 0.25) is 0 Å². The second-order valence-electron chi connectivity index (χ2n) is 5.84. The number of carbonyl (C=O) groups excluding carboxylic acids is 1. The maximum Gasteiger partial charge on any atom is 0.236 e. The lowest BCUT2D eigenvalue weighted by Crippen LogP contribution is -2.41. The van der Waals surface area contributed by atoms with E-state index in [1.54, 1.807) is 4.90 Å². The van der Waals surface area contributed by atoms with Gasteiger partial charge in [0.1, 0.15) is 0 Å². The first-order valence-electron chi connectivity index (χ1n) is 7.19. The quantitative estimate of drug-likeness (QED) is 0.742. The van der Waals surface area contributed by atoms with Crippen LogP contribution < -0.4 is 5.32 Å². The molecule has 0 spiro atoms. The summed E-state index contributed by atoms with van der Waals surface area (Å²) in [6, 6.07) is 0.279. The minimum absolute atomic E-state index is 0.179. The third-order valence-electron chi connectivity index (χ3n) is 3.71. The molecule has 1 aliphatic heterocycles. The Morgan fingerprint density at radius 3 is 2.44 bits per heavy atom. The minimum Gasteiger partial charge on any atom is -0.342 e. The predicted octanol–water partition coefficient (Wildman–Crippen LogP) is 1.17. The zero-order chi connectivity index (χ0) is 13.5. The van der Waals surface area contributed by atoms with Crippen molar-refractivity contribution < 1.29 is 4.79 Å². The molecular weight excluding hydrogens is 226 g/mol. The first-order chi connectivity index (χ1) is 8.50. The van der Waals surface area contributed by atoms with E-state index in [1.807, 2.05) is 20.9 Å². The van der Waals surface area contributed by atoms with Gasteiger partial charge in [-0.25, -0.2) is 0 Å². The van der Waals surface area contributed by atoms with Crippen molar-refractivity contribution in [2.45, 2.75) is 39.7 Å². The molecule has 1 saturated heterocycles. The van der Waals surface area contributed by atoms with Gasteiger partial charge in [-0.15, -0.1) is 0 Å². The van der Waals surface area contributed by atoms with Gasteiger partial charge in [-0.2, -0.15) is 0 Å². The summed E-state index contributed by atoms with van der Waals surface area (Å²) in [5, 5.41) is 3.28. The van der Waals surface area contributed by atoms with Crippen LogP contribution in [0.4, 0.5) is 0 Å². The zero-order valence-electron chi connectivity index (χ0n) is 12.4. The van der Waals surface area contributed by atoms with Crippen LogP contribution in [0.1, 0.15) is 33.6 Å². The minimum atomic E-state index is 0.179. The summed E-state index contributed by atoms with van der Waals surface area (Å²) >= 11 is 0. The van der Waals surface area contributed by atoms with Crippen molar-refractivity contribution in [3.05, 3.63) is 0 Å². The van der Waals surface area contributed by atoms with Crippen molar-refractivity contribution >= 4 is 5.91 Å². The van der Waals surface area contributed by atoms with E-state index < -0.39 is 0 Å². The van der Waals surface area contributed by atoms with E-state index >= 15 is 0 Å². The van der Waals surface area contributed by atoms with Crippen molar-refractivity contribution in [3.63, 3.8) is 0 Å². The van der Waals surface area contributed by atoms with Gasteiger partial charge >= 0.3 is 0 Å². The van der Waals surface area contributed by atoms with Crippen LogP contribution in [-0.2, 0) is 4.79 Å². The van der Waals surface area contributed by atoms with Gasteiger partial charge in [-0.05, 0) is 52.2 Å². The van der Waals surface area contributed by atoms with Crippen molar-refractivity contribution in [3.8, 4) is 0 Å².